The molecule has 0 saturated heterocycles. The maximum Gasteiger partial charge on any atom is 0.188 e. The van der Waals surface area contributed by atoms with Gasteiger partial charge in [-0.25, -0.2) is 4.99 Å². The Bertz CT molecular complexity index is 441. The topological polar surface area (TPSA) is 59.6 Å². The Hall–Kier alpha value is -0.690. The molecule has 3 N–H and O–H groups in total. The number of hydrogen-bond donors (Lipinski definition) is 2. The van der Waals surface area contributed by atoms with Crippen molar-refractivity contribution in [2.45, 2.75) is 39.2 Å². The molecule has 0 unspecified atom stereocenters. The van der Waals surface area contributed by atoms with E-state index in [9.17, 15) is 0 Å². The number of unbranched alkanes of at least 4 members (excludes halogenated alkanes) is 3. The van der Waals surface area contributed by atoms with Crippen LogP contribution >= 0.6 is 35.6 Å². The Balaban J connectivity index is 0.00000400. The SMILES string of the molecule is CCCCCCNC(N)=NCc1ccc(OC)c(Cl)c1.I. The summed E-state index contributed by atoms with van der Waals surface area (Å²) in [5.41, 5.74) is 6.82. The molecular formula is C15H25ClIN3O. The van der Waals surface area contributed by atoms with Crippen molar-refractivity contribution in [3.63, 3.8) is 0 Å². The molecule has 0 fully saturated rings. The zero-order valence-electron chi connectivity index (χ0n) is 12.7. The lowest BCUT2D eigenvalue weighted by Crippen LogP contribution is -2.32. The van der Waals surface area contributed by atoms with E-state index in [1.807, 2.05) is 18.2 Å². The van der Waals surface area contributed by atoms with Crippen LogP contribution in [0.3, 0.4) is 0 Å². The van der Waals surface area contributed by atoms with Crippen LogP contribution < -0.4 is 15.8 Å². The average Bonchev–Trinajstić information content (AvgIpc) is 2.45. The van der Waals surface area contributed by atoms with Crippen LogP contribution in [-0.2, 0) is 6.54 Å². The van der Waals surface area contributed by atoms with Crippen molar-refractivity contribution in [1.29, 1.82) is 0 Å². The molecule has 1 aromatic carbocycles. The minimum atomic E-state index is 0. The van der Waals surface area contributed by atoms with E-state index in [1.54, 1.807) is 7.11 Å². The number of ether oxygens (including phenoxy) is 1. The van der Waals surface area contributed by atoms with Crippen molar-refractivity contribution < 1.29 is 4.74 Å². The first-order chi connectivity index (χ1) is 9.67. The van der Waals surface area contributed by atoms with Gasteiger partial charge in [-0.1, -0.05) is 43.9 Å². The number of rotatable bonds is 8. The Morgan fingerprint density at radius 2 is 2.10 bits per heavy atom. The molecule has 0 bridgehead atoms. The van der Waals surface area contributed by atoms with Crippen LogP contribution in [0.1, 0.15) is 38.2 Å². The molecular weight excluding hydrogens is 401 g/mol. The van der Waals surface area contributed by atoms with E-state index in [0.717, 1.165) is 18.5 Å². The molecule has 0 amide bonds. The maximum atomic E-state index is 6.06. The quantitative estimate of drug-likeness (QED) is 0.287. The Labute approximate surface area is 149 Å². The first-order valence-electron chi connectivity index (χ1n) is 7.03. The predicted octanol–water partition coefficient (Wildman–Crippen LogP) is 3.95. The molecule has 0 aliphatic heterocycles. The summed E-state index contributed by atoms with van der Waals surface area (Å²) in [5, 5.41) is 3.71. The summed E-state index contributed by atoms with van der Waals surface area (Å²) in [6, 6.07) is 5.61. The van der Waals surface area contributed by atoms with Gasteiger partial charge in [-0.15, -0.1) is 24.0 Å². The van der Waals surface area contributed by atoms with E-state index in [2.05, 4.69) is 17.2 Å². The summed E-state index contributed by atoms with van der Waals surface area (Å²) >= 11 is 6.06. The number of nitrogens with zero attached hydrogens (tertiary/aromatic N) is 1. The molecule has 1 aromatic rings. The molecule has 0 atom stereocenters. The minimum absolute atomic E-state index is 0. The number of guanidine groups is 1. The Morgan fingerprint density at radius 1 is 1.33 bits per heavy atom. The van der Waals surface area contributed by atoms with Crippen LogP contribution in [0, 0.1) is 0 Å². The van der Waals surface area contributed by atoms with E-state index in [1.165, 1.54) is 19.3 Å². The predicted molar refractivity (Wildman–Crippen MR) is 101 cm³/mol. The van der Waals surface area contributed by atoms with Crippen molar-refractivity contribution in [1.82, 2.24) is 5.32 Å². The molecule has 0 aliphatic rings. The van der Waals surface area contributed by atoms with Crippen molar-refractivity contribution in [3.05, 3.63) is 28.8 Å². The number of nitrogens with one attached hydrogen (secondary N) is 1. The van der Waals surface area contributed by atoms with Gasteiger partial charge in [0.2, 0.25) is 0 Å². The fraction of sp³-hybridized carbons (Fsp3) is 0.533. The summed E-state index contributed by atoms with van der Waals surface area (Å²) < 4.78 is 5.11. The highest BCUT2D eigenvalue weighted by Gasteiger charge is 2.01. The van der Waals surface area contributed by atoms with E-state index < -0.39 is 0 Å². The average molecular weight is 426 g/mol. The molecule has 0 aromatic heterocycles. The normalized spacial score (nSPS) is 10.9. The molecule has 6 heteroatoms. The molecule has 21 heavy (non-hydrogen) atoms. The zero-order valence-corrected chi connectivity index (χ0v) is 15.8. The number of halogens is 2. The van der Waals surface area contributed by atoms with Gasteiger partial charge in [-0.2, -0.15) is 0 Å². The largest absolute Gasteiger partial charge is 0.495 e. The van der Waals surface area contributed by atoms with Crippen LogP contribution in [0.5, 0.6) is 5.75 Å². The van der Waals surface area contributed by atoms with Crippen LogP contribution in [0.25, 0.3) is 0 Å². The summed E-state index contributed by atoms with van der Waals surface area (Å²) in [6.45, 7) is 3.58. The van der Waals surface area contributed by atoms with Gasteiger partial charge < -0.3 is 15.8 Å². The number of benzene rings is 1. The van der Waals surface area contributed by atoms with Crippen LogP contribution in [-0.4, -0.2) is 19.6 Å². The fourth-order valence-corrected chi connectivity index (χ4v) is 2.09. The summed E-state index contributed by atoms with van der Waals surface area (Å²) in [5.74, 6) is 1.15. The van der Waals surface area contributed by atoms with E-state index in [-0.39, 0.29) is 24.0 Å². The standard InChI is InChI=1S/C15H24ClN3O.HI/c1-3-4-5-6-9-18-15(17)19-11-12-7-8-14(20-2)13(16)10-12;/h7-8,10H,3-6,9,11H2,1-2H3,(H3,17,18,19);1H. The molecule has 0 spiro atoms. The van der Waals surface area contributed by atoms with E-state index in [4.69, 9.17) is 22.1 Å². The molecule has 1 rings (SSSR count). The van der Waals surface area contributed by atoms with Gasteiger partial charge in [-0.05, 0) is 24.1 Å². The van der Waals surface area contributed by atoms with Gasteiger partial charge in [0.15, 0.2) is 5.96 Å². The zero-order chi connectivity index (χ0) is 14.8. The van der Waals surface area contributed by atoms with Crippen molar-refractivity contribution in [2.75, 3.05) is 13.7 Å². The molecule has 0 heterocycles. The van der Waals surface area contributed by atoms with Gasteiger partial charge in [0, 0.05) is 6.54 Å². The summed E-state index contributed by atoms with van der Waals surface area (Å²) in [4.78, 5) is 4.29. The molecule has 0 saturated carbocycles. The van der Waals surface area contributed by atoms with Gasteiger partial charge in [-0.3, -0.25) is 0 Å². The Kier molecular flexibility index (Phi) is 11.5. The Morgan fingerprint density at radius 3 is 2.71 bits per heavy atom. The highest BCUT2D eigenvalue weighted by atomic mass is 127. The number of aliphatic imine (C=N–C) groups is 1. The van der Waals surface area contributed by atoms with Gasteiger partial charge in [0.05, 0.1) is 18.7 Å². The first-order valence-corrected chi connectivity index (χ1v) is 7.41. The summed E-state index contributed by atoms with van der Waals surface area (Å²) in [7, 11) is 1.60. The third kappa shape index (κ3) is 8.36. The third-order valence-electron chi connectivity index (χ3n) is 2.98. The van der Waals surface area contributed by atoms with E-state index >= 15 is 0 Å². The molecule has 0 aliphatic carbocycles. The lowest BCUT2D eigenvalue weighted by molar-refractivity contribution is 0.415. The van der Waals surface area contributed by atoms with E-state index in [0.29, 0.717) is 23.3 Å². The number of methoxy groups -OCH3 is 1. The highest BCUT2D eigenvalue weighted by Crippen LogP contribution is 2.25. The fourth-order valence-electron chi connectivity index (χ4n) is 1.81. The second-order valence-corrected chi connectivity index (χ2v) is 5.07. The molecule has 0 radical (unpaired) electrons. The highest BCUT2D eigenvalue weighted by molar-refractivity contribution is 14.0. The summed E-state index contributed by atoms with van der Waals surface area (Å²) in [6.07, 6.45) is 4.86. The number of nitrogens with two attached hydrogens (primary N) is 1. The minimum Gasteiger partial charge on any atom is -0.495 e. The second kappa shape index (κ2) is 11.9. The second-order valence-electron chi connectivity index (χ2n) is 4.66. The third-order valence-corrected chi connectivity index (χ3v) is 3.28. The van der Waals surface area contributed by atoms with Crippen LogP contribution in [0.2, 0.25) is 5.02 Å². The number of hydrogen-bond acceptors (Lipinski definition) is 2. The first kappa shape index (κ1) is 20.3. The van der Waals surface area contributed by atoms with Gasteiger partial charge in [0.25, 0.3) is 0 Å². The van der Waals surface area contributed by atoms with Crippen molar-refractivity contribution in [3.8, 4) is 5.75 Å². The van der Waals surface area contributed by atoms with Crippen LogP contribution in [0.4, 0.5) is 0 Å². The van der Waals surface area contributed by atoms with Gasteiger partial charge >= 0.3 is 0 Å². The lowest BCUT2D eigenvalue weighted by Gasteiger charge is -2.06. The monoisotopic (exact) mass is 425 g/mol. The maximum absolute atomic E-state index is 6.06. The molecule has 4 nitrogen and oxygen atoms in total. The van der Waals surface area contributed by atoms with Crippen molar-refractivity contribution in [2.24, 2.45) is 10.7 Å². The van der Waals surface area contributed by atoms with Crippen molar-refractivity contribution >= 4 is 41.5 Å². The smallest absolute Gasteiger partial charge is 0.188 e. The van der Waals surface area contributed by atoms with Gasteiger partial charge in [0.1, 0.15) is 5.75 Å². The lowest BCUT2D eigenvalue weighted by atomic mass is 10.2. The molecule has 120 valence electrons. The van der Waals surface area contributed by atoms with Crippen LogP contribution in [0.15, 0.2) is 23.2 Å².